The summed E-state index contributed by atoms with van der Waals surface area (Å²) in [4.78, 5) is 24.2. The molecule has 5 heteroatoms. The summed E-state index contributed by atoms with van der Waals surface area (Å²) in [7, 11) is 0. The minimum absolute atomic E-state index is 0.0823. The molecule has 0 rings (SSSR count). The third kappa shape index (κ3) is 7.14. The summed E-state index contributed by atoms with van der Waals surface area (Å²) in [6.45, 7) is 9.41. The summed E-state index contributed by atoms with van der Waals surface area (Å²) in [6.07, 6.45) is 1.58. The number of urea groups is 1. The lowest BCUT2D eigenvalue weighted by Crippen LogP contribution is -2.45. The monoisotopic (exact) mass is 258 g/mol. The van der Waals surface area contributed by atoms with E-state index in [0.29, 0.717) is 18.9 Å². The van der Waals surface area contributed by atoms with Crippen LogP contribution in [-0.4, -0.2) is 41.1 Å². The lowest BCUT2D eigenvalue weighted by Gasteiger charge is -2.26. The summed E-state index contributed by atoms with van der Waals surface area (Å²) >= 11 is 0. The molecule has 0 aliphatic rings. The van der Waals surface area contributed by atoms with Crippen molar-refractivity contribution in [1.82, 2.24) is 10.2 Å². The predicted molar refractivity (Wildman–Crippen MR) is 71.6 cm³/mol. The van der Waals surface area contributed by atoms with Crippen LogP contribution in [0.15, 0.2) is 0 Å². The minimum Gasteiger partial charge on any atom is -0.481 e. The Bertz CT molecular complexity index is 269. The van der Waals surface area contributed by atoms with E-state index in [1.807, 2.05) is 13.8 Å². The van der Waals surface area contributed by atoms with Crippen molar-refractivity contribution in [1.29, 1.82) is 0 Å². The number of nitrogens with one attached hydrogen (secondary N) is 1. The van der Waals surface area contributed by atoms with Gasteiger partial charge in [0, 0.05) is 25.6 Å². The maximum Gasteiger partial charge on any atom is 0.317 e. The molecule has 0 fully saturated rings. The quantitative estimate of drug-likeness (QED) is 0.702. The van der Waals surface area contributed by atoms with E-state index in [1.54, 1.807) is 4.90 Å². The fraction of sp³-hybridized carbons (Fsp3) is 0.846. The normalized spacial score (nSPS) is 13.8. The van der Waals surface area contributed by atoms with Crippen LogP contribution in [0.5, 0.6) is 0 Å². The average molecular weight is 258 g/mol. The highest BCUT2D eigenvalue weighted by atomic mass is 16.4. The fourth-order valence-corrected chi connectivity index (χ4v) is 1.58. The Morgan fingerprint density at radius 1 is 1.28 bits per heavy atom. The molecule has 0 aromatic carbocycles. The van der Waals surface area contributed by atoms with Crippen molar-refractivity contribution in [3.05, 3.63) is 0 Å². The zero-order valence-corrected chi connectivity index (χ0v) is 11.9. The Morgan fingerprint density at radius 3 is 2.33 bits per heavy atom. The number of carbonyl (C=O) groups is 2. The van der Waals surface area contributed by atoms with Gasteiger partial charge in [0.15, 0.2) is 0 Å². The molecule has 2 amide bonds. The molecule has 0 saturated heterocycles. The first-order valence-corrected chi connectivity index (χ1v) is 6.67. The number of hydrogen-bond donors (Lipinski definition) is 2. The van der Waals surface area contributed by atoms with Crippen LogP contribution in [0.3, 0.4) is 0 Å². The molecule has 2 N–H and O–H groups in total. The van der Waals surface area contributed by atoms with Gasteiger partial charge in [0.05, 0.1) is 0 Å². The molecular formula is C13H26N2O3. The molecule has 2 unspecified atom stereocenters. The Labute approximate surface area is 110 Å². The van der Waals surface area contributed by atoms with Gasteiger partial charge in [-0.25, -0.2) is 4.79 Å². The van der Waals surface area contributed by atoms with Gasteiger partial charge < -0.3 is 15.3 Å². The van der Waals surface area contributed by atoms with Gasteiger partial charge >= 0.3 is 12.0 Å². The van der Waals surface area contributed by atoms with E-state index in [-0.39, 0.29) is 18.5 Å². The molecule has 0 heterocycles. The van der Waals surface area contributed by atoms with E-state index in [4.69, 9.17) is 5.11 Å². The number of rotatable bonds is 8. The second kappa shape index (κ2) is 8.78. The van der Waals surface area contributed by atoms with Crippen LogP contribution in [0.4, 0.5) is 4.79 Å². The lowest BCUT2D eigenvalue weighted by molar-refractivity contribution is -0.137. The van der Waals surface area contributed by atoms with Gasteiger partial charge in [-0.1, -0.05) is 20.3 Å². The molecule has 106 valence electrons. The number of aliphatic carboxylic acids is 1. The van der Waals surface area contributed by atoms with Crippen molar-refractivity contribution >= 4 is 12.0 Å². The van der Waals surface area contributed by atoms with Gasteiger partial charge in [0.2, 0.25) is 0 Å². The van der Waals surface area contributed by atoms with E-state index in [9.17, 15) is 9.59 Å². The maximum absolute atomic E-state index is 11.9. The third-order valence-electron chi connectivity index (χ3n) is 3.06. The zero-order valence-electron chi connectivity index (χ0n) is 11.9. The van der Waals surface area contributed by atoms with Crippen LogP contribution >= 0.6 is 0 Å². The first kappa shape index (κ1) is 16.7. The molecule has 0 aliphatic heterocycles. The molecule has 0 radical (unpaired) electrons. The van der Waals surface area contributed by atoms with Crippen LogP contribution < -0.4 is 5.32 Å². The highest BCUT2D eigenvalue weighted by molar-refractivity contribution is 5.74. The number of amides is 2. The second-order valence-electron chi connectivity index (χ2n) is 4.84. The molecule has 5 nitrogen and oxygen atoms in total. The van der Waals surface area contributed by atoms with E-state index in [1.165, 1.54) is 0 Å². The molecule has 0 saturated carbocycles. The topological polar surface area (TPSA) is 69.6 Å². The Hall–Kier alpha value is -1.26. The molecule has 0 aliphatic carbocycles. The van der Waals surface area contributed by atoms with Gasteiger partial charge in [0.1, 0.15) is 0 Å². The van der Waals surface area contributed by atoms with E-state index in [2.05, 4.69) is 19.2 Å². The first-order chi connectivity index (χ1) is 8.40. The summed E-state index contributed by atoms with van der Waals surface area (Å²) in [5.41, 5.74) is 0. The number of carbonyl (C=O) groups excluding carboxylic acids is 1. The number of hydrogen-bond acceptors (Lipinski definition) is 2. The molecular weight excluding hydrogens is 232 g/mol. The Morgan fingerprint density at radius 2 is 1.89 bits per heavy atom. The van der Waals surface area contributed by atoms with Crippen molar-refractivity contribution in [2.75, 3.05) is 13.1 Å². The summed E-state index contributed by atoms with van der Waals surface area (Å²) in [5.74, 6) is -0.354. The van der Waals surface area contributed by atoms with Crippen molar-refractivity contribution in [3.8, 4) is 0 Å². The average Bonchev–Trinajstić information content (AvgIpc) is 2.32. The van der Waals surface area contributed by atoms with Gasteiger partial charge in [-0.3, -0.25) is 4.79 Å². The van der Waals surface area contributed by atoms with Gasteiger partial charge in [-0.2, -0.15) is 0 Å². The highest BCUT2D eigenvalue weighted by Crippen LogP contribution is 2.05. The lowest BCUT2D eigenvalue weighted by atomic mass is 10.1. The summed E-state index contributed by atoms with van der Waals surface area (Å²) in [6, 6.07) is -0.213. The molecule has 18 heavy (non-hydrogen) atoms. The molecule has 0 aromatic heterocycles. The number of nitrogens with zero attached hydrogens (tertiary/aromatic N) is 1. The van der Waals surface area contributed by atoms with E-state index in [0.717, 1.165) is 13.0 Å². The number of carboxylic acid groups (broad SMARTS) is 1. The second-order valence-corrected chi connectivity index (χ2v) is 4.84. The smallest absolute Gasteiger partial charge is 0.317 e. The first-order valence-electron chi connectivity index (χ1n) is 6.67. The molecule has 0 spiro atoms. The molecule has 2 atom stereocenters. The zero-order chi connectivity index (χ0) is 14.1. The SMILES string of the molecule is CCC(C)CN(CC)C(=O)NC(C)CCC(=O)O. The van der Waals surface area contributed by atoms with Gasteiger partial charge in [-0.15, -0.1) is 0 Å². The van der Waals surface area contributed by atoms with Crippen LogP contribution in [0.2, 0.25) is 0 Å². The minimum atomic E-state index is -0.831. The van der Waals surface area contributed by atoms with Gasteiger partial charge in [0.25, 0.3) is 0 Å². The van der Waals surface area contributed by atoms with Gasteiger partial charge in [-0.05, 0) is 26.2 Å². The van der Waals surface area contributed by atoms with Crippen LogP contribution in [0.25, 0.3) is 0 Å². The molecule has 0 bridgehead atoms. The highest BCUT2D eigenvalue weighted by Gasteiger charge is 2.16. The van der Waals surface area contributed by atoms with E-state index < -0.39 is 5.97 Å². The van der Waals surface area contributed by atoms with E-state index >= 15 is 0 Å². The Balaban J connectivity index is 4.13. The Kier molecular flexibility index (Phi) is 8.16. The largest absolute Gasteiger partial charge is 0.481 e. The standard InChI is InChI=1S/C13H26N2O3/c1-5-10(3)9-15(6-2)13(18)14-11(4)7-8-12(16)17/h10-11H,5-9H2,1-4H3,(H,14,18)(H,16,17). The predicted octanol–water partition coefficient (Wildman–Crippen LogP) is 2.32. The number of carboxylic acids is 1. The van der Waals surface area contributed by atoms with Crippen molar-refractivity contribution in [3.63, 3.8) is 0 Å². The van der Waals surface area contributed by atoms with Crippen molar-refractivity contribution < 1.29 is 14.7 Å². The summed E-state index contributed by atoms with van der Waals surface area (Å²) in [5, 5.41) is 11.4. The van der Waals surface area contributed by atoms with Crippen LogP contribution in [0.1, 0.15) is 47.0 Å². The maximum atomic E-state index is 11.9. The third-order valence-corrected chi connectivity index (χ3v) is 3.06. The molecule has 0 aromatic rings. The fourth-order valence-electron chi connectivity index (χ4n) is 1.58. The van der Waals surface area contributed by atoms with Crippen LogP contribution in [0, 0.1) is 5.92 Å². The van der Waals surface area contributed by atoms with Crippen molar-refractivity contribution in [2.24, 2.45) is 5.92 Å². The van der Waals surface area contributed by atoms with Crippen molar-refractivity contribution in [2.45, 2.75) is 53.0 Å². The van der Waals surface area contributed by atoms with Crippen LogP contribution in [-0.2, 0) is 4.79 Å². The summed E-state index contributed by atoms with van der Waals surface area (Å²) < 4.78 is 0.